The van der Waals surface area contributed by atoms with E-state index in [9.17, 15) is 0 Å². The molecule has 0 saturated carbocycles. The second kappa shape index (κ2) is 6.14. The summed E-state index contributed by atoms with van der Waals surface area (Å²) in [5.41, 5.74) is 0. The van der Waals surface area contributed by atoms with E-state index in [1.54, 1.807) is 17.7 Å². The van der Waals surface area contributed by atoms with Crippen LogP contribution in [0.2, 0.25) is 0 Å². The third kappa shape index (κ3) is 3.42. The fourth-order valence-corrected chi connectivity index (χ4v) is 2.78. The van der Waals surface area contributed by atoms with Crippen LogP contribution in [0.25, 0.3) is 10.2 Å². The summed E-state index contributed by atoms with van der Waals surface area (Å²) in [6, 6.07) is 2.55. The molecule has 2 heterocycles. The number of hydrogen-bond acceptors (Lipinski definition) is 4. The summed E-state index contributed by atoms with van der Waals surface area (Å²) in [5.74, 6) is 1.76. The van der Waals surface area contributed by atoms with Crippen molar-refractivity contribution in [3.05, 3.63) is 17.8 Å². The van der Waals surface area contributed by atoms with Crippen LogP contribution < -0.4 is 5.32 Å². The van der Waals surface area contributed by atoms with E-state index < -0.39 is 0 Å². The van der Waals surface area contributed by atoms with E-state index in [0.29, 0.717) is 6.04 Å². The first kappa shape index (κ1) is 13.3. The molecular weight excluding hydrogens is 242 g/mol. The molecular formula is C14H21N3S. The van der Waals surface area contributed by atoms with Gasteiger partial charge in [-0.2, -0.15) is 0 Å². The minimum atomic E-state index is 0.460. The molecule has 0 radical (unpaired) electrons. The fraction of sp³-hybridized carbons (Fsp3) is 0.571. The highest BCUT2D eigenvalue weighted by Gasteiger charge is 2.08. The Labute approximate surface area is 113 Å². The quantitative estimate of drug-likeness (QED) is 0.843. The van der Waals surface area contributed by atoms with Gasteiger partial charge in [0.1, 0.15) is 17.0 Å². The van der Waals surface area contributed by atoms with Crippen molar-refractivity contribution in [2.24, 2.45) is 5.92 Å². The molecule has 2 aromatic heterocycles. The van der Waals surface area contributed by atoms with Gasteiger partial charge in [-0.25, -0.2) is 9.97 Å². The summed E-state index contributed by atoms with van der Waals surface area (Å²) in [4.78, 5) is 9.67. The van der Waals surface area contributed by atoms with Crippen LogP contribution in [0.15, 0.2) is 17.8 Å². The van der Waals surface area contributed by atoms with Gasteiger partial charge < -0.3 is 5.32 Å². The van der Waals surface area contributed by atoms with Gasteiger partial charge in [0.15, 0.2) is 0 Å². The zero-order chi connectivity index (χ0) is 13.0. The standard InChI is InChI=1S/C14H21N3S/c1-10(2)5-4-6-11(3)17-13-12-7-8-18-14(12)16-9-15-13/h7-11H,4-6H2,1-3H3,(H,15,16,17)/t11-/m1/s1. The molecule has 3 nitrogen and oxygen atoms in total. The molecule has 4 heteroatoms. The maximum atomic E-state index is 4.35. The first-order valence-electron chi connectivity index (χ1n) is 6.61. The molecule has 0 amide bonds. The van der Waals surface area contributed by atoms with Gasteiger partial charge in [-0.3, -0.25) is 0 Å². The summed E-state index contributed by atoms with van der Waals surface area (Å²) in [6.45, 7) is 6.77. The average Bonchev–Trinajstić information content (AvgIpc) is 2.77. The minimum absolute atomic E-state index is 0.460. The number of hydrogen-bond donors (Lipinski definition) is 1. The maximum absolute atomic E-state index is 4.35. The second-order valence-corrected chi connectivity index (χ2v) is 6.13. The Morgan fingerprint density at radius 1 is 1.22 bits per heavy atom. The minimum Gasteiger partial charge on any atom is -0.367 e. The zero-order valence-electron chi connectivity index (χ0n) is 11.3. The number of thiophene rings is 1. The summed E-state index contributed by atoms with van der Waals surface area (Å²) in [5, 5.41) is 6.70. The summed E-state index contributed by atoms with van der Waals surface area (Å²) >= 11 is 1.66. The van der Waals surface area contributed by atoms with E-state index in [2.05, 4.69) is 47.5 Å². The van der Waals surface area contributed by atoms with Gasteiger partial charge in [0, 0.05) is 6.04 Å². The van der Waals surface area contributed by atoms with Crippen LogP contribution in [-0.4, -0.2) is 16.0 Å². The number of aromatic nitrogens is 2. The number of fused-ring (bicyclic) bond motifs is 1. The van der Waals surface area contributed by atoms with Crippen molar-refractivity contribution in [2.75, 3.05) is 5.32 Å². The lowest BCUT2D eigenvalue weighted by atomic mass is 10.0. The lowest BCUT2D eigenvalue weighted by molar-refractivity contribution is 0.520. The van der Waals surface area contributed by atoms with Gasteiger partial charge in [-0.1, -0.05) is 26.7 Å². The smallest absolute Gasteiger partial charge is 0.138 e. The normalized spacial score (nSPS) is 13.1. The molecule has 2 rings (SSSR count). The van der Waals surface area contributed by atoms with E-state index in [1.165, 1.54) is 19.3 Å². The van der Waals surface area contributed by atoms with Crippen molar-refractivity contribution in [1.29, 1.82) is 0 Å². The molecule has 0 aliphatic carbocycles. The summed E-state index contributed by atoms with van der Waals surface area (Å²) < 4.78 is 0. The first-order chi connectivity index (χ1) is 8.66. The van der Waals surface area contributed by atoms with Crippen molar-refractivity contribution in [1.82, 2.24) is 9.97 Å². The van der Waals surface area contributed by atoms with Gasteiger partial charge >= 0.3 is 0 Å². The molecule has 1 N–H and O–H groups in total. The monoisotopic (exact) mass is 263 g/mol. The summed E-state index contributed by atoms with van der Waals surface area (Å²) in [7, 11) is 0. The highest BCUT2D eigenvalue weighted by Crippen LogP contribution is 2.24. The van der Waals surface area contributed by atoms with E-state index >= 15 is 0 Å². The number of anilines is 1. The Hall–Kier alpha value is -1.16. The number of nitrogens with zero attached hydrogens (tertiary/aromatic N) is 2. The molecule has 0 aromatic carbocycles. The molecule has 98 valence electrons. The average molecular weight is 263 g/mol. The lowest BCUT2D eigenvalue weighted by Gasteiger charge is -2.15. The Balaban J connectivity index is 1.94. The van der Waals surface area contributed by atoms with Crippen molar-refractivity contribution in [3.63, 3.8) is 0 Å². The third-order valence-electron chi connectivity index (χ3n) is 3.06. The highest BCUT2D eigenvalue weighted by molar-refractivity contribution is 7.16. The Kier molecular flexibility index (Phi) is 4.53. The predicted octanol–water partition coefficient (Wildman–Crippen LogP) is 4.32. The number of nitrogens with one attached hydrogen (secondary N) is 1. The first-order valence-corrected chi connectivity index (χ1v) is 7.49. The Morgan fingerprint density at radius 3 is 2.83 bits per heavy atom. The van der Waals surface area contributed by atoms with Crippen molar-refractivity contribution < 1.29 is 0 Å². The van der Waals surface area contributed by atoms with Gasteiger partial charge in [-0.05, 0) is 30.7 Å². The zero-order valence-corrected chi connectivity index (χ0v) is 12.1. The molecule has 2 aromatic rings. The second-order valence-electron chi connectivity index (χ2n) is 5.23. The topological polar surface area (TPSA) is 37.8 Å². The van der Waals surface area contributed by atoms with Crippen LogP contribution in [0, 0.1) is 5.92 Å². The van der Waals surface area contributed by atoms with E-state index in [4.69, 9.17) is 0 Å². The molecule has 0 saturated heterocycles. The van der Waals surface area contributed by atoms with Gasteiger partial charge in [-0.15, -0.1) is 11.3 Å². The summed E-state index contributed by atoms with van der Waals surface area (Å²) in [6.07, 6.45) is 5.39. The number of rotatable bonds is 6. The van der Waals surface area contributed by atoms with Crippen molar-refractivity contribution >= 4 is 27.4 Å². The lowest BCUT2D eigenvalue weighted by Crippen LogP contribution is -2.16. The molecule has 0 unspecified atom stereocenters. The van der Waals surface area contributed by atoms with Crippen LogP contribution in [0.4, 0.5) is 5.82 Å². The molecule has 1 atom stereocenters. The Bertz CT molecular complexity index is 492. The maximum Gasteiger partial charge on any atom is 0.138 e. The fourth-order valence-electron chi connectivity index (χ4n) is 2.04. The van der Waals surface area contributed by atoms with Gasteiger partial charge in [0.25, 0.3) is 0 Å². The Morgan fingerprint density at radius 2 is 2.06 bits per heavy atom. The molecule has 0 aliphatic rings. The van der Waals surface area contributed by atoms with Crippen molar-refractivity contribution in [2.45, 2.75) is 46.1 Å². The van der Waals surface area contributed by atoms with Crippen LogP contribution in [0.5, 0.6) is 0 Å². The molecule has 0 bridgehead atoms. The highest BCUT2D eigenvalue weighted by atomic mass is 32.1. The molecule has 0 aliphatic heterocycles. The largest absolute Gasteiger partial charge is 0.367 e. The predicted molar refractivity (Wildman–Crippen MR) is 79.2 cm³/mol. The van der Waals surface area contributed by atoms with Crippen LogP contribution in [-0.2, 0) is 0 Å². The molecule has 18 heavy (non-hydrogen) atoms. The van der Waals surface area contributed by atoms with Crippen LogP contribution in [0.3, 0.4) is 0 Å². The molecule has 0 fully saturated rings. The van der Waals surface area contributed by atoms with Gasteiger partial charge in [0.05, 0.1) is 5.39 Å². The van der Waals surface area contributed by atoms with E-state index in [0.717, 1.165) is 22.0 Å². The third-order valence-corrected chi connectivity index (χ3v) is 3.88. The van der Waals surface area contributed by atoms with Crippen LogP contribution in [0.1, 0.15) is 40.0 Å². The van der Waals surface area contributed by atoms with E-state index in [-0.39, 0.29) is 0 Å². The van der Waals surface area contributed by atoms with Gasteiger partial charge in [0.2, 0.25) is 0 Å². The van der Waals surface area contributed by atoms with E-state index in [1.807, 2.05) is 0 Å². The SMILES string of the molecule is CC(C)CCC[C@@H](C)Nc1ncnc2sccc12. The molecule has 0 spiro atoms. The van der Waals surface area contributed by atoms with Crippen LogP contribution >= 0.6 is 11.3 Å². The van der Waals surface area contributed by atoms with Crippen molar-refractivity contribution in [3.8, 4) is 0 Å².